The van der Waals surface area contributed by atoms with Gasteiger partial charge < -0.3 is 24.3 Å². The number of nitrogens with zero attached hydrogens (tertiary/aromatic N) is 4. The molecule has 8 nitrogen and oxygen atoms in total. The number of hydrogen-bond donors (Lipinski definition) is 1. The summed E-state index contributed by atoms with van der Waals surface area (Å²) in [5, 5.41) is 3.03. The van der Waals surface area contributed by atoms with Gasteiger partial charge in [-0.2, -0.15) is 0 Å². The van der Waals surface area contributed by atoms with E-state index in [9.17, 15) is 4.79 Å². The van der Waals surface area contributed by atoms with E-state index in [0.717, 1.165) is 60.5 Å². The molecule has 0 saturated carbocycles. The summed E-state index contributed by atoms with van der Waals surface area (Å²) in [6.45, 7) is 4.41. The molecule has 0 aliphatic carbocycles. The second-order valence-corrected chi connectivity index (χ2v) is 7.97. The number of aromatic nitrogens is 3. The minimum absolute atomic E-state index is 0.0382. The van der Waals surface area contributed by atoms with Crippen molar-refractivity contribution in [2.75, 3.05) is 44.4 Å². The minimum atomic E-state index is -0.0382. The van der Waals surface area contributed by atoms with E-state index in [2.05, 4.69) is 32.3 Å². The molecule has 1 aromatic carbocycles. The van der Waals surface area contributed by atoms with Crippen LogP contribution in [0.3, 0.4) is 0 Å². The van der Waals surface area contributed by atoms with Crippen LogP contribution < -0.4 is 10.2 Å². The van der Waals surface area contributed by atoms with Crippen molar-refractivity contribution in [3.8, 4) is 11.1 Å². The maximum atomic E-state index is 12.8. The molecule has 2 fully saturated rings. The quantitative estimate of drug-likeness (QED) is 0.657. The van der Waals surface area contributed by atoms with Gasteiger partial charge in [-0.25, -0.2) is 9.97 Å². The van der Waals surface area contributed by atoms with Crippen molar-refractivity contribution >= 4 is 22.8 Å². The lowest BCUT2D eigenvalue weighted by Gasteiger charge is -2.28. The van der Waals surface area contributed by atoms with Gasteiger partial charge in [-0.15, -0.1) is 0 Å². The minimum Gasteiger partial charge on any atom is -0.378 e. The van der Waals surface area contributed by atoms with Crippen molar-refractivity contribution in [3.05, 3.63) is 42.9 Å². The van der Waals surface area contributed by atoms with Crippen molar-refractivity contribution in [3.63, 3.8) is 0 Å². The molecule has 2 saturated heterocycles. The molecule has 3 aromatic rings. The third-order valence-corrected chi connectivity index (χ3v) is 5.89. The van der Waals surface area contributed by atoms with Crippen molar-refractivity contribution in [2.45, 2.75) is 25.5 Å². The number of benzene rings is 1. The Morgan fingerprint density at radius 3 is 2.74 bits per heavy atom. The Kier molecular flexibility index (Phi) is 5.82. The SMILES string of the molecule is O=C(Cn1cc(-c2ccccc2)c2ncnc(N3CCOCC3)c21)NCC1CCCO1. The molecule has 1 unspecified atom stereocenters. The predicted molar refractivity (Wildman–Crippen MR) is 118 cm³/mol. The smallest absolute Gasteiger partial charge is 0.240 e. The lowest BCUT2D eigenvalue weighted by Crippen LogP contribution is -2.37. The summed E-state index contributed by atoms with van der Waals surface area (Å²) in [6, 6.07) is 10.1. The molecule has 31 heavy (non-hydrogen) atoms. The Bertz CT molecular complexity index is 1040. The molecule has 2 aliphatic rings. The highest BCUT2D eigenvalue weighted by molar-refractivity contribution is 5.99. The molecule has 0 spiro atoms. The molecule has 0 bridgehead atoms. The Balaban J connectivity index is 1.49. The summed E-state index contributed by atoms with van der Waals surface area (Å²) in [7, 11) is 0. The summed E-state index contributed by atoms with van der Waals surface area (Å²) in [5.41, 5.74) is 3.81. The highest BCUT2D eigenvalue weighted by atomic mass is 16.5. The van der Waals surface area contributed by atoms with E-state index >= 15 is 0 Å². The molecule has 2 aromatic heterocycles. The Labute approximate surface area is 181 Å². The van der Waals surface area contributed by atoms with Gasteiger partial charge in [-0.3, -0.25) is 4.79 Å². The fraction of sp³-hybridized carbons (Fsp3) is 0.435. The largest absolute Gasteiger partial charge is 0.378 e. The maximum Gasteiger partial charge on any atom is 0.240 e. The maximum absolute atomic E-state index is 12.8. The first kappa shape index (κ1) is 20.0. The monoisotopic (exact) mass is 421 g/mol. The van der Waals surface area contributed by atoms with E-state index < -0.39 is 0 Å². The molecular formula is C23H27N5O3. The van der Waals surface area contributed by atoms with Crippen LogP contribution in [0.1, 0.15) is 12.8 Å². The first-order valence-corrected chi connectivity index (χ1v) is 10.9. The zero-order valence-electron chi connectivity index (χ0n) is 17.5. The molecule has 4 heterocycles. The summed E-state index contributed by atoms with van der Waals surface area (Å²) < 4.78 is 13.1. The molecular weight excluding hydrogens is 394 g/mol. The molecule has 162 valence electrons. The van der Waals surface area contributed by atoms with E-state index in [4.69, 9.17) is 9.47 Å². The van der Waals surface area contributed by atoms with Crippen LogP contribution in [0.2, 0.25) is 0 Å². The normalized spacial score (nSPS) is 19.1. The van der Waals surface area contributed by atoms with Gasteiger partial charge >= 0.3 is 0 Å². The first-order chi connectivity index (χ1) is 15.3. The van der Waals surface area contributed by atoms with Gasteiger partial charge in [0.25, 0.3) is 0 Å². The van der Waals surface area contributed by atoms with Crippen LogP contribution in [-0.4, -0.2) is 66.0 Å². The molecule has 1 N–H and O–H groups in total. The number of fused-ring (bicyclic) bond motifs is 1. The van der Waals surface area contributed by atoms with E-state index in [1.165, 1.54) is 0 Å². The highest BCUT2D eigenvalue weighted by Gasteiger charge is 2.23. The average Bonchev–Trinajstić information content (AvgIpc) is 3.47. The number of ether oxygens (including phenoxy) is 2. The molecule has 0 radical (unpaired) electrons. The Morgan fingerprint density at radius 1 is 1.13 bits per heavy atom. The number of hydrogen-bond acceptors (Lipinski definition) is 6. The number of amides is 1. The van der Waals surface area contributed by atoms with Crippen molar-refractivity contribution < 1.29 is 14.3 Å². The van der Waals surface area contributed by atoms with Gasteiger partial charge in [0.05, 0.1) is 19.3 Å². The van der Waals surface area contributed by atoms with Gasteiger partial charge in [-0.05, 0) is 18.4 Å². The van der Waals surface area contributed by atoms with Crippen molar-refractivity contribution in [2.24, 2.45) is 0 Å². The number of nitrogens with one attached hydrogen (secondary N) is 1. The standard InChI is InChI=1S/C23H27N5O3/c29-20(24-13-18-7-4-10-31-18)15-28-14-19(17-5-2-1-3-6-17)21-22(28)23(26-16-25-21)27-8-11-30-12-9-27/h1-3,5-6,14,16,18H,4,7-13,15H2,(H,24,29). The Hall–Kier alpha value is -2.97. The third kappa shape index (κ3) is 4.26. The third-order valence-electron chi connectivity index (χ3n) is 5.89. The number of anilines is 1. The van der Waals surface area contributed by atoms with Gasteiger partial charge in [0.15, 0.2) is 5.82 Å². The van der Waals surface area contributed by atoms with Gasteiger partial charge in [0, 0.05) is 38.0 Å². The summed E-state index contributed by atoms with van der Waals surface area (Å²) in [6.07, 6.45) is 5.81. The van der Waals surface area contributed by atoms with Gasteiger partial charge in [-0.1, -0.05) is 30.3 Å². The molecule has 5 rings (SSSR count). The van der Waals surface area contributed by atoms with Crippen molar-refractivity contribution in [1.29, 1.82) is 0 Å². The van der Waals surface area contributed by atoms with Crippen LogP contribution in [0, 0.1) is 0 Å². The molecule has 1 atom stereocenters. The number of morpholine rings is 1. The van der Waals surface area contributed by atoms with Gasteiger partial charge in [0.2, 0.25) is 5.91 Å². The van der Waals surface area contributed by atoms with E-state index in [-0.39, 0.29) is 18.6 Å². The lowest BCUT2D eigenvalue weighted by molar-refractivity contribution is -0.122. The van der Waals surface area contributed by atoms with Crippen LogP contribution in [0.15, 0.2) is 42.9 Å². The van der Waals surface area contributed by atoms with Gasteiger partial charge in [0.1, 0.15) is 23.9 Å². The first-order valence-electron chi connectivity index (χ1n) is 10.9. The summed E-state index contributed by atoms with van der Waals surface area (Å²) in [4.78, 5) is 24.2. The van der Waals surface area contributed by atoms with E-state index in [0.29, 0.717) is 19.8 Å². The van der Waals surface area contributed by atoms with Crippen LogP contribution in [0.5, 0.6) is 0 Å². The van der Waals surface area contributed by atoms with Crippen LogP contribution in [0.4, 0.5) is 5.82 Å². The number of rotatable bonds is 6. The summed E-state index contributed by atoms with van der Waals surface area (Å²) in [5.74, 6) is 0.811. The second-order valence-electron chi connectivity index (χ2n) is 7.97. The fourth-order valence-corrected chi connectivity index (χ4v) is 4.32. The van der Waals surface area contributed by atoms with E-state index in [1.54, 1.807) is 6.33 Å². The number of carbonyl (C=O) groups excluding carboxylic acids is 1. The zero-order chi connectivity index (χ0) is 21.0. The molecule has 2 aliphatic heterocycles. The highest BCUT2D eigenvalue weighted by Crippen LogP contribution is 2.33. The lowest BCUT2D eigenvalue weighted by atomic mass is 10.1. The average molecular weight is 422 g/mol. The summed E-state index contributed by atoms with van der Waals surface area (Å²) >= 11 is 0. The fourth-order valence-electron chi connectivity index (χ4n) is 4.32. The topological polar surface area (TPSA) is 81.5 Å². The van der Waals surface area contributed by atoms with Crippen LogP contribution in [0.25, 0.3) is 22.2 Å². The van der Waals surface area contributed by atoms with E-state index in [1.807, 2.05) is 29.0 Å². The number of carbonyl (C=O) groups is 1. The van der Waals surface area contributed by atoms with Crippen molar-refractivity contribution in [1.82, 2.24) is 19.9 Å². The second kappa shape index (κ2) is 9.03. The molecule has 1 amide bonds. The van der Waals surface area contributed by atoms with Crippen LogP contribution in [-0.2, 0) is 20.8 Å². The molecule has 8 heteroatoms. The Morgan fingerprint density at radius 2 is 1.97 bits per heavy atom. The predicted octanol–water partition coefficient (Wildman–Crippen LogP) is 2.23. The zero-order valence-corrected chi connectivity index (χ0v) is 17.5. The van der Waals surface area contributed by atoms with Crippen LogP contribution >= 0.6 is 0 Å².